The number of aromatic amines is 1. The van der Waals surface area contributed by atoms with Gasteiger partial charge in [-0.05, 0) is 90.9 Å². The standard InChI is InChI=1S/C33H37N5O4S/c1-5-41-29(40)16-25(24-6-7-26-30(19(24)2)35-36-37(26)4)22-14-21-10-13-43-32(21)23(15-22)17-38-18-33(11-12-33)42-27-8-9-28(39)34-31(27)20(38)3/h6-10,13-15,20,25,35-36H,5,11-12,16-18H2,1-4H3,(H,34,39)/t20-,25-/m1/s1. The van der Waals surface area contributed by atoms with E-state index in [2.05, 4.69) is 70.4 Å². The van der Waals surface area contributed by atoms with E-state index in [1.54, 1.807) is 17.4 Å². The maximum atomic E-state index is 13.0. The van der Waals surface area contributed by atoms with Gasteiger partial charge < -0.3 is 19.9 Å². The lowest BCUT2D eigenvalue weighted by Crippen LogP contribution is -2.36. The highest BCUT2D eigenvalue weighted by Crippen LogP contribution is 2.47. The molecule has 4 heterocycles. The largest absolute Gasteiger partial charge is 0.484 e. The maximum Gasteiger partial charge on any atom is 0.306 e. The van der Waals surface area contributed by atoms with Crippen LogP contribution in [0.2, 0.25) is 0 Å². The predicted molar refractivity (Wildman–Crippen MR) is 170 cm³/mol. The summed E-state index contributed by atoms with van der Waals surface area (Å²) in [6.45, 7) is 7.92. The van der Waals surface area contributed by atoms with Crippen molar-refractivity contribution < 1.29 is 14.3 Å². The highest BCUT2D eigenvalue weighted by atomic mass is 32.1. The number of carbonyl (C=O) groups excluding carboxylic acids is 1. The van der Waals surface area contributed by atoms with Gasteiger partial charge in [0, 0.05) is 36.8 Å². The van der Waals surface area contributed by atoms with Gasteiger partial charge in [0.1, 0.15) is 11.4 Å². The van der Waals surface area contributed by atoms with E-state index in [1.165, 1.54) is 15.6 Å². The van der Waals surface area contributed by atoms with Gasteiger partial charge in [-0.3, -0.25) is 19.5 Å². The second-order valence-electron chi connectivity index (χ2n) is 12.0. The quantitative estimate of drug-likeness (QED) is 0.231. The number of rotatable bonds is 7. The van der Waals surface area contributed by atoms with E-state index in [9.17, 15) is 9.59 Å². The summed E-state index contributed by atoms with van der Waals surface area (Å²) in [5, 5.41) is 5.25. The van der Waals surface area contributed by atoms with Crippen LogP contribution in [0.3, 0.4) is 0 Å². The average Bonchev–Trinajstić information content (AvgIpc) is 3.40. The fraction of sp³-hybridized carbons (Fsp3) is 0.394. The Morgan fingerprint density at radius 2 is 2.05 bits per heavy atom. The molecule has 0 radical (unpaired) electrons. The number of aromatic nitrogens is 1. The van der Waals surface area contributed by atoms with Gasteiger partial charge in [-0.15, -0.1) is 16.9 Å². The number of nitrogens with zero attached hydrogens (tertiary/aromatic N) is 2. The summed E-state index contributed by atoms with van der Waals surface area (Å²) in [5.41, 5.74) is 13.5. The number of hydrazine groups is 2. The molecule has 3 N–H and O–H groups in total. The Morgan fingerprint density at radius 1 is 1.21 bits per heavy atom. The van der Waals surface area contributed by atoms with Crippen LogP contribution in [0, 0.1) is 6.92 Å². The molecule has 7 rings (SSSR count). The fourth-order valence-corrected chi connectivity index (χ4v) is 7.55. The molecule has 4 aromatic rings. The summed E-state index contributed by atoms with van der Waals surface area (Å²) < 4.78 is 13.2. The number of ether oxygens (including phenoxy) is 2. The van der Waals surface area contributed by atoms with Gasteiger partial charge >= 0.3 is 5.97 Å². The van der Waals surface area contributed by atoms with E-state index in [4.69, 9.17) is 9.47 Å². The van der Waals surface area contributed by atoms with Crippen LogP contribution in [-0.2, 0) is 16.1 Å². The summed E-state index contributed by atoms with van der Waals surface area (Å²) in [7, 11) is 1.97. The number of hydrogen-bond acceptors (Lipinski definition) is 9. The van der Waals surface area contributed by atoms with E-state index in [0.717, 1.165) is 58.9 Å². The second-order valence-corrected chi connectivity index (χ2v) is 12.9. The van der Waals surface area contributed by atoms with Crippen LogP contribution in [0.1, 0.15) is 73.0 Å². The monoisotopic (exact) mass is 599 g/mol. The lowest BCUT2D eigenvalue weighted by atomic mass is 9.84. The van der Waals surface area contributed by atoms with Gasteiger partial charge in [0.2, 0.25) is 5.56 Å². The molecule has 2 atom stereocenters. The van der Waals surface area contributed by atoms with E-state index in [0.29, 0.717) is 13.2 Å². The van der Waals surface area contributed by atoms with E-state index in [-0.39, 0.29) is 35.5 Å². The molecule has 3 aliphatic rings. The first-order chi connectivity index (χ1) is 20.7. The van der Waals surface area contributed by atoms with Crippen LogP contribution < -0.4 is 26.3 Å². The molecular formula is C33H37N5O4S. The summed E-state index contributed by atoms with van der Waals surface area (Å²) in [4.78, 5) is 30.8. The molecule has 2 aromatic carbocycles. The molecule has 1 aliphatic carbocycles. The van der Waals surface area contributed by atoms with Gasteiger partial charge in [-0.1, -0.05) is 12.1 Å². The Morgan fingerprint density at radius 3 is 2.84 bits per heavy atom. The molecular weight excluding hydrogens is 562 g/mol. The number of hydrogen-bond donors (Lipinski definition) is 3. The van der Waals surface area contributed by atoms with Crippen molar-refractivity contribution in [3.63, 3.8) is 0 Å². The van der Waals surface area contributed by atoms with Crippen molar-refractivity contribution in [3.05, 3.63) is 86.1 Å². The number of fused-ring (bicyclic) bond motifs is 3. The minimum absolute atomic E-state index is 0.0348. The third kappa shape index (κ3) is 5.07. The summed E-state index contributed by atoms with van der Waals surface area (Å²) in [6, 6.07) is 14.2. The zero-order valence-electron chi connectivity index (χ0n) is 25.0. The van der Waals surface area contributed by atoms with Crippen molar-refractivity contribution >= 4 is 38.8 Å². The lowest BCUT2D eigenvalue weighted by molar-refractivity contribution is -0.143. The number of esters is 1. The fourth-order valence-electron chi connectivity index (χ4n) is 6.67. The van der Waals surface area contributed by atoms with Gasteiger partial charge in [0.05, 0.1) is 36.1 Å². The average molecular weight is 600 g/mol. The molecule has 0 amide bonds. The Kier molecular flexibility index (Phi) is 6.95. The molecule has 10 heteroatoms. The van der Waals surface area contributed by atoms with Crippen molar-refractivity contribution in [1.29, 1.82) is 0 Å². The van der Waals surface area contributed by atoms with Gasteiger partial charge in [0.15, 0.2) is 0 Å². The first kappa shape index (κ1) is 27.9. The van der Waals surface area contributed by atoms with E-state index >= 15 is 0 Å². The number of nitrogens with one attached hydrogen (secondary N) is 3. The van der Waals surface area contributed by atoms with E-state index < -0.39 is 0 Å². The highest BCUT2D eigenvalue weighted by molar-refractivity contribution is 7.17. The number of anilines is 2. The van der Waals surface area contributed by atoms with Crippen LogP contribution in [0.15, 0.2) is 52.6 Å². The Bertz CT molecular complexity index is 1780. The molecule has 9 nitrogen and oxygen atoms in total. The van der Waals surface area contributed by atoms with Crippen LogP contribution in [0.5, 0.6) is 5.75 Å². The Hall–Kier alpha value is -3.86. The summed E-state index contributed by atoms with van der Waals surface area (Å²) in [6.07, 6.45) is 2.25. The predicted octanol–water partition coefficient (Wildman–Crippen LogP) is 5.75. The molecule has 43 heavy (non-hydrogen) atoms. The minimum Gasteiger partial charge on any atom is -0.484 e. The lowest BCUT2D eigenvalue weighted by Gasteiger charge is -2.29. The van der Waals surface area contributed by atoms with Gasteiger partial charge in [0.25, 0.3) is 0 Å². The summed E-state index contributed by atoms with van der Waals surface area (Å²) >= 11 is 1.74. The smallest absolute Gasteiger partial charge is 0.306 e. The molecule has 1 spiro atoms. The number of pyridine rings is 1. The van der Waals surface area contributed by atoms with Crippen LogP contribution >= 0.6 is 11.3 Å². The first-order valence-corrected chi connectivity index (χ1v) is 15.8. The molecule has 2 aromatic heterocycles. The normalized spacial score (nSPS) is 19.3. The zero-order chi connectivity index (χ0) is 29.9. The van der Waals surface area contributed by atoms with Crippen molar-refractivity contribution in [2.24, 2.45) is 0 Å². The third-order valence-corrected chi connectivity index (χ3v) is 10.2. The third-order valence-electron chi connectivity index (χ3n) is 9.17. The van der Waals surface area contributed by atoms with Crippen molar-refractivity contribution in [2.45, 2.75) is 64.1 Å². The first-order valence-electron chi connectivity index (χ1n) is 15.0. The van der Waals surface area contributed by atoms with Crippen LogP contribution in [0.25, 0.3) is 10.1 Å². The van der Waals surface area contributed by atoms with Crippen molar-refractivity contribution in [3.8, 4) is 5.75 Å². The zero-order valence-corrected chi connectivity index (χ0v) is 25.8. The number of H-pyrrole nitrogens is 1. The van der Waals surface area contributed by atoms with Crippen LogP contribution in [0.4, 0.5) is 11.4 Å². The number of benzene rings is 2. The van der Waals surface area contributed by atoms with Gasteiger partial charge in [-0.2, -0.15) is 0 Å². The van der Waals surface area contributed by atoms with E-state index in [1.807, 2.05) is 25.0 Å². The van der Waals surface area contributed by atoms with Crippen molar-refractivity contribution in [1.82, 2.24) is 15.4 Å². The molecule has 1 saturated carbocycles. The van der Waals surface area contributed by atoms with Crippen LogP contribution in [-0.4, -0.2) is 41.7 Å². The molecule has 0 unspecified atom stereocenters. The second kappa shape index (κ2) is 10.7. The number of carbonyl (C=O) groups is 1. The minimum atomic E-state index is -0.216. The van der Waals surface area contributed by atoms with Gasteiger partial charge in [-0.25, -0.2) is 0 Å². The Balaban J connectivity index is 1.31. The molecule has 1 fully saturated rings. The molecule has 224 valence electrons. The SMILES string of the molecule is CCOC(=O)C[C@H](c1cc(CN2CC3(CC3)Oc3ccc(=O)[nH]c3[C@H]2C)c2sccc2c1)c1ccc2c(c1C)NNN2C. The highest BCUT2D eigenvalue weighted by Gasteiger charge is 2.50. The molecule has 0 saturated heterocycles. The maximum absolute atomic E-state index is 13.0. The molecule has 0 bridgehead atoms. The summed E-state index contributed by atoms with van der Waals surface area (Å²) in [5.74, 6) is 0.381. The topological polar surface area (TPSA) is 98.9 Å². The molecule has 2 aliphatic heterocycles. The Labute approximate surface area is 254 Å². The van der Waals surface area contributed by atoms with Crippen molar-refractivity contribution in [2.75, 3.05) is 30.6 Å². The number of thiophene rings is 1.